The van der Waals surface area contributed by atoms with Gasteiger partial charge in [-0.3, -0.25) is 0 Å². The summed E-state index contributed by atoms with van der Waals surface area (Å²) >= 11 is 1.68. The van der Waals surface area contributed by atoms with Gasteiger partial charge in [-0.15, -0.1) is 2.52 Å². The van der Waals surface area contributed by atoms with Gasteiger partial charge >= 0.3 is 0 Å². The number of hydrogen-bond donors (Lipinski definition) is 2. The smallest absolute Gasteiger partial charge is 0.252 e. The Morgan fingerprint density at radius 2 is 1.86 bits per heavy atom. The number of aromatic hydroxyl groups is 2. The van der Waals surface area contributed by atoms with Gasteiger partial charge in [0.05, 0.1) is 11.4 Å². The summed E-state index contributed by atoms with van der Waals surface area (Å²) in [6, 6.07) is 2.33. The van der Waals surface area contributed by atoms with Crippen LogP contribution in [0.1, 0.15) is 5.56 Å². The van der Waals surface area contributed by atoms with Crippen molar-refractivity contribution in [1.29, 1.82) is 0 Å². The summed E-state index contributed by atoms with van der Waals surface area (Å²) in [7, 11) is -3.47. The summed E-state index contributed by atoms with van der Waals surface area (Å²) in [6.07, 6.45) is 0. The van der Waals surface area contributed by atoms with Crippen LogP contribution in [-0.2, 0) is 16.6 Å². The van der Waals surface area contributed by atoms with E-state index in [1.165, 1.54) is 6.07 Å². The lowest BCUT2D eigenvalue weighted by Gasteiger charge is -2.02. The van der Waals surface area contributed by atoms with Crippen LogP contribution in [0.3, 0.4) is 0 Å². The van der Waals surface area contributed by atoms with Gasteiger partial charge in [-0.2, -0.15) is 0 Å². The molecule has 0 spiro atoms. The molecule has 0 amide bonds. The lowest BCUT2D eigenvalue weighted by Crippen LogP contribution is -2.11. The summed E-state index contributed by atoms with van der Waals surface area (Å²) in [5.74, 6) is -0.718. The fourth-order valence-corrected chi connectivity index (χ4v) is 3.53. The quantitative estimate of drug-likeness (QED) is 0.423. The van der Waals surface area contributed by atoms with Gasteiger partial charge in [-0.05, 0) is 11.6 Å². The summed E-state index contributed by atoms with van der Waals surface area (Å²) in [5.41, 5.74) is 0.495. The Morgan fingerprint density at radius 1 is 1.29 bits per heavy atom. The molecule has 1 heterocycles. The van der Waals surface area contributed by atoms with E-state index >= 15 is 0 Å². The van der Waals surface area contributed by atoms with Crippen molar-refractivity contribution in [2.45, 2.75) is 11.4 Å². The maximum absolute atomic E-state index is 11.6. The van der Waals surface area contributed by atoms with Gasteiger partial charge < -0.3 is 10.2 Å². The van der Waals surface area contributed by atoms with Crippen molar-refractivity contribution in [1.82, 2.24) is 2.52 Å². The first-order valence-electron chi connectivity index (χ1n) is 3.66. The largest absolute Gasteiger partial charge is 0.504 e. The number of phenolic OH excluding ortho intramolecular Hbond substituents is 2. The third kappa shape index (κ3) is 1.27. The summed E-state index contributed by atoms with van der Waals surface area (Å²) in [5, 5.41) is 18.3. The molecular formula is C7H6INO4S. The Morgan fingerprint density at radius 3 is 2.50 bits per heavy atom. The van der Waals surface area contributed by atoms with Crippen molar-refractivity contribution < 1.29 is 18.6 Å². The van der Waals surface area contributed by atoms with Crippen molar-refractivity contribution in [3.63, 3.8) is 0 Å². The van der Waals surface area contributed by atoms with Crippen molar-refractivity contribution in [2.75, 3.05) is 0 Å². The molecule has 1 aliphatic heterocycles. The highest BCUT2D eigenvalue weighted by Crippen LogP contribution is 2.38. The van der Waals surface area contributed by atoms with E-state index in [9.17, 15) is 13.5 Å². The second kappa shape index (κ2) is 2.97. The predicted molar refractivity (Wildman–Crippen MR) is 56.5 cm³/mol. The van der Waals surface area contributed by atoms with E-state index in [2.05, 4.69) is 0 Å². The Bertz CT molecular complexity index is 499. The number of hydrogen-bond acceptors (Lipinski definition) is 4. The molecule has 5 nitrogen and oxygen atoms in total. The molecule has 0 saturated carbocycles. The molecule has 0 aliphatic carbocycles. The molecule has 1 aromatic carbocycles. The van der Waals surface area contributed by atoms with Gasteiger partial charge in [0.15, 0.2) is 11.5 Å². The number of sulfonamides is 1. The normalized spacial score (nSPS) is 19.5. The van der Waals surface area contributed by atoms with Crippen LogP contribution in [0.2, 0.25) is 0 Å². The highest BCUT2D eigenvalue weighted by Gasteiger charge is 2.34. The van der Waals surface area contributed by atoms with Crippen LogP contribution < -0.4 is 0 Å². The zero-order valence-electron chi connectivity index (χ0n) is 6.81. The molecule has 0 atom stereocenters. The molecule has 14 heavy (non-hydrogen) atoms. The lowest BCUT2D eigenvalue weighted by atomic mass is 10.2. The van der Waals surface area contributed by atoms with E-state index in [0.717, 1.165) is 8.58 Å². The van der Waals surface area contributed by atoms with Gasteiger partial charge in [0.1, 0.15) is 0 Å². The van der Waals surface area contributed by atoms with Crippen LogP contribution in [-0.4, -0.2) is 21.1 Å². The average molecular weight is 327 g/mol. The fraction of sp³-hybridized carbons (Fsp3) is 0.143. The van der Waals surface area contributed by atoms with Crippen LogP contribution in [0.15, 0.2) is 17.0 Å². The lowest BCUT2D eigenvalue weighted by molar-refractivity contribution is 0.401. The zero-order valence-corrected chi connectivity index (χ0v) is 9.78. The number of rotatable bonds is 0. The number of benzene rings is 1. The van der Waals surface area contributed by atoms with E-state index in [4.69, 9.17) is 5.11 Å². The maximum Gasteiger partial charge on any atom is 0.252 e. The van der Waals surface area contributed by atoms with Crippen molar-refractivity contribution >= 4 is 32.9 Å². The van der Waals surface area contributed by atoms with Crippen LogP contribution in [0.25, 0.3) is 0 Å². The molecule has 0 aromatic heterocycles. The van der Waals surface area contributed by atoms with Crippen LogP contribution in [0.4, 0.5) is 0 Å². The summed E-state index contributed by atoms with van der Waals surface area (Å²) in [6.45, 7) is 0.214. The SMILES string of the molecule is O=S1(=O)c2cc(O)c(O)cc2CN1I. The maximum atomic E-state index is 11.6. The second-order valence-electron chi connectivity index (χ2n) is 2.90. The topological polar surface area (TPSA) is 77.8 Å². The number of nitrogens with zero attached hydrogens (tertiary/aromatic N) is 1. The summed E-state index contributed by atoms with van der Waals surface area (Å²) < 4.78 is 24.3. The van der Waals surface area contributed by atoms with Crippen molar-refractivity contribution in [3.8, 4) is 11.5 Å². The fourth-order valence-electron chi connectivity index (χ4n) is 1.29. The van der Waals surface area contributed by atoms with Gasteiger partial charge in [-0.1, -0.05) is 0 Å². The van der Waals surface area contributed by atoms with Crippen molar-refractivity contribution in [2.24, 2.45) is 0 Å². The third-order valence-electron chi connectivity index (χ3n) is 1.99. The molecule has 2 N–H and O–H groups in total. The predicted octanol–water partition coefficient (Wildman–Crippen LogP) is 0.952. The molecule has 1 aliphatic rings. The standard InChI is InChI=1S/C7H6INO4S/c8-9-3-4-1-5(10)6(11)2-7(4)14(9,12)13/h1-2,10-11H,3H2. The van der Waals surface area contributed by atoms with E-state index in [1.807, 2.05) is 0 Å². The molecule has 0 fully saturated rings. The minimum Gasteiger partial charge on any atom is -0.504 e. The second-order valence-corrected chi connectivity index (χ2v) is 6.55. The van der Waals surface area contributed by atoms with Gasteiger partial charge in [0, 0.05) is 28.9 Å². The van der Waals surface area contributed by atoms with Gasteiger partial charge in [-0.25, -0.2) is 8.42 Å². The van der Waals surface area contributed by atoms with E-state index in [0.29, 0.717) is 5.56 Å². The third-order valence-corrected chi connectivity index (χ3v) is 5.47. The van der Waals surface area contributed by atoms with Gasteiger partial charge in [0.2, 0.25) is 0 Å². The number of halogens is 1. The van der Waals surface area contributed by atoms with E-state index < -0.39 is 15.8 Å². The molecule has 0 bridgehead atoms. The van der Waals surface area contributed by atoms with Gasteiger partial charge in [0.25, 0.3) is 10.0 Å². The average Bonchev–Trinajstić information content (AvgIpc) is 2.28. The highest BCUT2D eigenvalue weighted by atomic mass is 127. The number of phenols is 2. The minimum absolute atomic E-state index is 0.0576. The van der Waals surface area contributed by atoms with Crippen LogP contribution in [0, 0.1) is 0 Å². The first-order valence-corrected chi connectivity index (χ1v) is 6.07. The van der Waals surface area contributed by atoms with Crippen LogP contribution >= 0.6 is 22.9 Å². The molecule has 76 valence electrons. The minimum atomic E-state index is -3.47. The first-order chi connectivity index (χ1) is 6.43. The molecule has 2 rings (SSSR count). The molecule has 0 saturated heterocycles. The monoisotopic (exact) mass is 327 g/mol. The van der Waals surface area contributed by atoms with E-state index in [-0.39, 0.29) is 17.2 Å². The Balaban J connectivity index is 2.73. The molecule has 1 aromatic rings. The Kier molecular flexibility index (Phi) is 2.12. The zero-order chi connectivity index (χ0) is 10.5. The van der Waals surface area contributed by atoms with Crippen molar-refractivity contribution in [3.05, 3.63) is 17.7 Å². The first kappa shape index (κ1) is 9.99. The molecule has 0 unspecified atom stereocenters. The van der Waals surface area contributed by atoms with Crippen LogP contribution in [0.5, 0.6) is 11.5 Å². The molecule has 7 heteroatoms. The number of fused-ring (bicyclic) bond motifs is 1. The molecular weight excluding hydrogens is 321 g/mol. The summed E-state index contributed by atoms with van der Waals surface area (Å²) in [4.78, 5) is 0.0576. The highest BCUT2D eigenvalue weighted by molar-refractivity contribution is 14.1. The molecule has 0 radical (unpaired) electrons. The Hall–Kier alpha value is -0.540. The Labute approximate surface area is 94.5 Å². The van der Waals surface area contributed by atoms with E-state index in [1.54, 1.807) is 22.9 Å².